The predicted molar refractivity (Wildman–Crippen MR) is 142 cm³/mol. The Kier molecular flexibility index (Phi) is 8.54. The van der Waals surface area contributed by atoms with Crippen LogP contribution >= 0.6 is 27.5 Å². The van der Waals surface area contributed by atoms with Crippen molar-refractivity contribution < 1.29 is 14.3 Å². The summed E-state index contributed by atoms with van der Waals surface area (Å²) in [5.41, 5.74) is 5.70. The van der Waals surface area contributed by atoms with E-state index in [0.717, 1.165) is 21.2 Å². The third-order valence-electron chi connectivity index (χ3n) is 5.07. The molecule has 0 heterocycles. The number of benzene rings is 4. The lowest BCUT2D eigenvalue weighted by molar-refractivity contribution is 0.0955. The van der Waals surface area contributed by atoms with E-state index in [0.29, 0.717) is 35.3 Å². The number of ether oxygens (including phenoxy) is 2. The highest BCUT2D eigenvalue weighted by atomic mass is 79.9. The van der Waals surface area contributed by atoms with E-state index >= 15 is 0 Å². The van der Waals surface area contributed by atoms with Gasteiger partial charge < -0.3 is 9.47 Å². The molecule has 0 aliphatic rings. The lowest BCUT2D eigenvalue weighted by Gasteiger charge is -2.10. The first kappa shape index (κ1) is 24.5. The quantitative estimate of drug-likeness (QED) is 0.180. The van der Waals surface area contributed by atoms with Crippen molar-refractivity contribution in [3.05, 3.63) is 129 Å². The van der Waals surface area contributed by atoms with Gasteiger partial charge in [0, 0.05) is 26.2 Å². The van der Waals surface area contributed by atoms with Crippen LogP contribution in [0.15, 0.2) is 107 Å². The highest BCUT2D eigenvalue weighted by Crippen LogP contribution is 2.21. The number of carbonyl (C=O) groups is 1. The molecule has 1 amide bonds. The fraction of sp³-hybridized carbons (Fsp3) is 0.0714. The topological polar surface area (TPSA) is 59.9 Å². The average Bonchev–Trinajstić information content (AvgIpc) is 2.89. The van der Waals surface area contributed by atoms with E-state index in [1.54, 1.807) is 30.5 Å². The number of hydrazone groups is 1. The number of carbonyl (C=O) groups excluding carboxylic acids is 1. The van der Waals surface area contributed by atoms with Crippen LogP contribution in [0.4, 0.5) is 0 Å². The fourth-order valence-electron chi connectivity index (χ4n) is 3.16. The zero-order valence-corrected chi connectivity index (χ0v) is 21.0. The summed E-state index contributed by atoms with van der Waals surface area (Å²) in [6.07, 6.45) is 1.55. The van der Waals surface area contributed by atoms with E-state index in [4.69, 9.17) is 21.1 Å². The van der Waals surface area contributed by atoms with Crippen LogP contribution in [-0.4, -0.2) is 12.1 Å². The van der Waals surface area contributed by atoms with Gasteiger partial charge in [0.2, 0.25) is 0 Å². The van der Waals surface area contributed by atoms with Crippen LogP contribution in [-0.2, 0) is 13.2 Å². The molecule has 176 valence electrons. The van der Waals surface area contributed by atoms with Crippen LogP contribution in [0.25, 0.3) is 0 Å². The summed E-state index contributed by atoms with van der Waals surface area (Å²) in [5.74, 6) is 0.991. The fourth-order valence-corrected chi connectivity index (χ4v) is 3.62. The largest absolute Gasteiger partial charge is 0.489 e. The van der Waals surface area contributed by atoms with Gasteiger partial charge in [-0.3, -0.25) is 4.79 Å². The molecular weight excluding hydrogens is 528 g/mol. The van der Waals surface area contributed by atoms with Gasteiger partial charge in [-0.2, -0.15) is 5.10 Å². The van der Waals surface area contributed by atoms with E-state index in [2.05, 4.69) is 26.5 Å². The number of hydrogen-bond donors (Lipinski definition) is 1. The number of para-hydroxylation sites is 1. The molecule has 0 spiro atoms. The van der Waals surface area contributed by atoms with Gasteiger partial charge in [-0.15, -0.1) is 0 Å². The number of halogens is 2. The first-order valence-electron chi connectivity index (χ1n) is 10.8. The van der Waals surface area contributed by atoms with Gasteiger partial charge in [-0.25, -0.2) is 5.43 Å². The third kappa shape index (κ3) is 7.18. The molecule has 35 heavy (non-hydrogen) atoms. The Hall–Kier alpha value is -3.61. The molecule has 0 atom stereocenters. The standard InChI is InChI=1S/C28H22BrClN2O3/c29-24-13-9-20(10-14-24)18-34-25-15-11-21(12-16-25)28(33)32-31-17-22-5-2-4-8-27(22)35-19-23-6-1-3-7-26(23)30/h1-17H,18-19H2,(H,32,33)/b31-17-. The summed E-state index contributed by atoms with van der Waals surface area (Å²) in [6, 6.07) is 29.8. The highest BCUT2D eigenvalue weighted by Gasteiger charge is 2.07. The molecule has 5 nitrogen and oxygen atoms in total. The molecule has 0 saturated heterocycles. The molecule has 0 fully saturated rings. The zero-order chi connectivity index (χ0) is 24.5. The summed E-state index contributed by atoms with van der Waals surface area (Å²) in [4.78, 5) is 12.5. The number of amides is 1. The molecule has 0 radical (unpaired) electrons. The van der Waals surface area contributed by atoms with Crippen molar-refractivity contribution in [3.8, 4) is 11.5 Å². The van der Waals surface area contributed by atoms with Gasteiger partial charge >= 0.3 is 0 Å². The monoisotopic (exact) mass is 548 g/mol. The molecule has 0 aromatic heterocycles. The number of hydrogen-bond acceptors (Lipinski definition) is 4. The van der Waals surface area contributed by atoms with Gasteiger partial charge in [0.25, 0.3) is 5.91 Å². The van der Waals surface area contributed by atoms with Crippen molar-refractivity contribution in [2.45, 2.75) is 13.2 Å². The van der Waals surface area contributed by atoms with Gasteiger partial charge in [0.05, 0.1) is 6.21 Å². The normalized spacial score (nSPS) is 10.8. The van der Waals surface area contributed by atoms with Crippen molar-refractivity contribution in [1.29, 1.82) is 0 Å². The predicted octanol–water partition coefficient (Wildman–Crippen LogP) is 7.02. The molecule has 4 aromatic carbocycles. The minimum Gasteiger partial charge on any atom is -0.489 e. The molecule has 7 heteroatoms. The molecule has 0 aliphatic heterocycles. The second-order valence-electron chi connectivity index (χ2n) is 7.56. The van der Waals surface area contributed by atoms with Gasteiger partial charge in [-0.05, 0) is 60.2 Å². The molecule has 1 N–H and O–H groups in total. The van der Waals surface area contributed by atoms with Crippen molar-refractivity contribution in [3.63, 3.8) is 0 Å². The van der Waals surface area contributed by atoms with Crippen LogP contribution in [0.2, 0.25) is 5.02 Å². The maximum atomic E-state index is 12.5. The highest BCUT2D eigenvalue weighted by molar-refractivity contribution is 9.10. The Morgan fingerprint density at radius 2 is 1.57 bits per heavy atom. The van der Waals surface area contributed by atoms with Crippen LogP contribution in [0.3, 0.4) is 0 Å². The Morgan fingerprint density at radius 1 is 0.857 bits per heavy atom. The number of rotatable bonds is 9. The van der Waals surface area contributed by atoms with Gasteiger partial charge in [0.1, 0.15) is 24.7 Å². The summed E-state index contributed by atoms with van der Waals surface area (Å²) < 4.78 is 12.7. The summed E-state index contributed by atoms with van der Waals surface area (Å²) in [5, 5.41) is 4.74. The third-order valence-corrected chi connectivity index (χ3v) is 5.96. The van der Waals surface area contributed by atoms with E-state index in [-0.39, 0.29) is 5.91 Å². The van der Waals surface area contributed by atoms with Crippen molar-refractivity contribution in [2.24, 2.45) is 5.10 Å². The van der Waals surface area contributed by atoms with Gasteiger partial charge in [-0.1, -0.05) is 70.0 Å². The molecule has 4 rings (SSSR count). The van der Waals surface area contributed by atoms with Crippen LogP contribution in [0.1, 0.15) is 27.0 Å². The molecule has 4 aromatic rings. The van der Waals surface area contributed by atoms with E-state index < -0.39 is 0 Å². The summed E-state index contributed by atoms with van der Waals surface area (Å²) in [7, 11) is 0. The number of nitrogens with zero attached hydrogens (tertiary/aromatic N) is 1. The van der Waals surface area contributed by atoms with Gasteiger partial charge in [0.15, 0.2) is 0 Å². The van der Waals surface area contributed by atoms with Crippen LogP contribution < -0.4 is 14.9 Å². The first-order valence-corrected chi connectivity index (χ1v) is 12.0. The molecule has 0 aliphatic carbocycles. The minimum absolute atomic E-state index is 0.324. The Bertz CT molecular complexity index is 1310. The van der Waals surface area contributed by atoms with Crippen molar-refractivity contribution in [2.75, 3.05) is 0 Å². The van der Waals surface area contributed by atoms with Crippen molar-refractivity contribution in [1.82, 2.24) is 5.43 Å². The lowest BCUT2D eigenvalue weighted by atomic mass is 10.2. The average molecular weight is 550 g/mol. The second-order valence-corrected chi connectivity index (χ2v) is 8.88. The summed E-state index contributed by atoms with van der Waals surface area (Å²) in [6.45, 7) is 0.772. The smallest absolute Gasteiger partial charge is 0.271 e. The van der Waals surface area contributed by atoms with E-state index in [1.165, 1.54) is 0 Å². The maximum absolute atomic E-state index is 12.5. The van der Waals surface area contributed by atoms with Crippen LogP contribution in [0, 0.1) is 0 Å². The zero-order valence-electron chi connectivity index (χ0n) is 18.7. The molecule has 0 saturated carbocycles. The Balaban J connectivity index is 1.31. The SMILES string of the molecule is O=C(N/N=C\c1ccccc1OCc1ccccc1Cl)c1ccc(OCc2ccc(Br)cc2)cc1. The molecule has 0 unspecified atom stereocenters. The number of nitrogens with one attached hydrogen (secondary N) is 1. The van der Waals surface area contributed by atoms with E-state index in [1.807, 2.05) is 72.8 Å². The lowest BCUT2D eigenvalue weighted by Crippen LogP contribution is -2.17. The molecule has 0 bridgehead atoms. The Morgan fingerprint density at radius 3 is 2.34 bits per heavy atom. The minimum atomic E-state index is -0.324. The van der Waals surface area contributed by atoms with Crippen LogP contribution in [0.5, 0.6) is 11.5 Å². The summed E-state index contributed by atoms with van der Waals surface area (Å²) >= 11 is 9.62. The first-order chi connectivity index (χ1) is 17.1. The Labute approximate surface area is 217 Å². The van der Waals surface area contributed by atoms with Crippen molar-refractivity contribution >= 4 is 39.7 Å². The second kappa shape index (κ2) is 12.2. The molecular formula is C28H22BrClN2O3. The van der Waals surface area contributed by atoms with E-state index in [9.17, 15) is 4.79 Å². The maximum Gasteiger partial charge on any atom is 0.271 e.